The second kappa shape index (κ2) is 11.2. The van der Waals surface area contributed by atoms with Gasteiger partial charge in [0.2, 0.25) is 0 Å². The van der Waals surface area contributed by atoms with E-state index in [0.717, 1.165) is 0 Å². The fourth-order valence-electron chi connectivity index (χ4n) is 1.34. The zero-order valence-corrected chi connectivity index (χ0v) is 13.5. The van der Waals surface area contributed by atoms with E-state index in [2.05, 4.69) is 0 Å². The van der Waals surface area contributed by atoms with Crippen molar-refractivity contribution in [2.45, 2.75) is 38.8 Å². The van der Waals surface area contributed by atoms with Crippen molar-refractivity contribution in [1.82, 2.24) is 0 Å². The van der Waals surface area contributed by atoms with Gasteiger partial charge in [-0.3, -0.25) is 0 Å². The summed E-state index contributed by atoms with van der Waals surface area (Å²) in [6.07, 6.45) is -1.64. The Bertz CT molecular complexity index is 279. The van der Waals surface area contributed by atoms with Crippen molar-refractivity contribution >= 4 is 11.9 Å². The number of carbonyl (C=O) groups is 2. The Labute approximate surface area is 132 Å². The monoisotopic (exact) mass is 469 g/mol. The van der Waals surface area contributed by atoms with Crippen LogP contribution in [0.5, 0.6) is 0 Å². The molecule has 0 saturated carbocycles. The molecule has 0 spiro atoms. The zero-order valence-electron chi connectivity index (χ0n) is 11.2. The predicted molar refractivity (Wildman–Crippen MR) is 61.4 cm³/mol. The van der Waals surface area contributed by atoms with Crippen LogP contribution >= 0.6 is 0 Å². The van der Waals surface area contributed by atoms with Crippen LogP contribution in [-0.2, 0) is 40.1 Å². The van der Waals surface area contributed by atoms with E-state index in [-0.39, 0.29) is 52.7 Å². The molecule has 1 aliphatic heterocycles. The maximum absolute atomic E-state index is 9.28. The molecule has 0 aromatic carbocycles. The Morgan fingerprint density at radius 2 is 1.40 bits per heavy atom. The molecule has 0 aromatic rings. The maximum Gasteiger partial charge on any atom is 4.00 e. The summed E-state index contributed by atoms with van der Waals surface area (Å²) < 4.78 is 10.9. The average molecular weight is 469 g/mol. The summed E-state index contributed by atoms with van der Waals surface area (Å²) in [5.74, 6) is -2.95. The molecule has 0 radical (unpaired) electrons. The molecule has 2 atom stereocenters. The van der Waals surface area contributed by atoms with Crippen molar-refractivity contribution in [2.75, 3.05) is 13.1 Å². The Hall–Kier alpha value is -0.532. The molecule has 1 heterocycles. The summed E-state index contributed by atoms with van der Waals surface area (Å²) in [6, 6.07) is 0. The van der Waals surface area contributed by atoms with Gasteiger partial charge in [-0.25, -0.2) is 0 Å². The smallest absolute Gasteiger partial charge is 0.675 e. The number of carbonyl (C=O) groups excluding carboxylic acids is 2. The molecule has 8 nitrogen and oxygen atoms in total. The van der Waals surface area contributed by atoms with E-state index in [9.17, 15) is 19.8 Å². The molecular weight excluding hydrogens is 451 g/mol. The van der Waals surface area contributed by atoms with Gasteiger partial charge >= 0.3 is 21.1 Å². The van der Waals surface area contributed by atoms with Crippen molar-refractivity contribution in [1.29, 1.82) is 0 Å². The molecule has 0 unspecified atom stereocenters. The van der Waals surface area contributed by atoms with Crippen LogP contribution in [0.1, 0.15) is 20.3 Å². The molecule has 0 amide bonds. The minimum absolute atomic E-state index is 0. The molecule has 0 aromatic heterocycles. The minimum Gasteiger partial charge on any atom is -0.675 e. The van der Waals surface area contributed by atoms with Gasteiger partial charge in [0.1, 0.15) is 0 Å². The van der Waals surface area contributed by atoms with Crippen molar-refractivity contribution in [2.24, 2.45) is 5.92 Å². The van der Waals surface area contributed by atoms with Gasteiger partial charge in [0.25, 0.3) is 0 Å². The molecule has 1 fully saturated rings. The standard InChI is InChI=1S/C8H16N2O2.C3H4O4.Pt/c1-5(2)8-11-6(3-9)7(4-10)12-8;4-2(5)1-3(6)7;/h5-10H,3-4H2,1-2H3;1H2,(H,4,5)(H,6,7);/q-2;;+4/p-2/t6-,7-;;/m1../s1. The normalized spacial score (nSPS) is 21.9. The number of nitrogens with one attached hydrogen (secondary N) is 2. The van der Waals surface area contributed by atoms with Crippen LogP contribution in [0.25, 0.3) is 11.5 Å². The minimum atomic E-state index is -1.63. The van der Waals surface area contributed by atoms with Crippen LogP contribution in [0.3, 0.4) is 0 Å². The summed E-state index contributed by atoms with van der Waals surface area (Å²) >= 11 is 0. The molecule has 1 aliphatic rings. The first-order chi connectivity index (χ1) is 8.81. The number of aliphatic carboxylic acids is 2. The van der Waals surface area contributed by atoms with Crippen LogP contribution in [0.15, 0.2) is 0 Å². The van der Waals surface area contributed by atoms with Gasteiger partial charge in [0, 0.05) is 24.3 Å². The Morgan fingerprint density at radius 1 is 1.05 bits per heavy atom. The summed E-state index contributed by atoms with van der Waals surface area (Å²) in [7, 11) is 0. The first kappa shape index (κ1) is 21.8. The second-order valence-corrected chi connectivity index (χ2v) is 4.29. The quantitative estimate of drug-likeness (QED) is 0.459. The van der Waals surface area contributed by atoms with E-state index in [1.54, 1.807) is 0 Å². The molecule has 2 N–H and O–H groups in total. The molecule has 118 valence electrons. The number of carboxylic acids is 2. The van der Waals surface area contributed by atoms with Crippen LogP contribution in [0.4, 0.5) is 0 Å². The Kier molecular flexibility index (Phi) is 12.1. The fraction of sp³-hybridized carbons (Fsp3) is 0.818. The van der Waals surface area contributed by atoms with E-state index < -0.39 is 18.4 Å². The van der Waals surface area contributed by atoms with Gasteiger partial charge in [-0.1, -0.05) is 13.8 Å². The van der Waals surface area contributed by atoms with E-state index >= 15 is 0 Å². The second-order valence-electron chi connectivity index (χ2n) is 4.29. The molecule has 1 rings (SSSR count). The van der Waals surface area contributed by atoms with Gasteiger partial charge in [0.05, 0.1) is 12.2 Å². The third-order valence-corrected chi connectivity index (χ3v) is 2.27. The summed E-state index contributed by atoms with van der Waals surface area (Å²) in [6.45, 7) is 4.40. The number of rotatable bonds is 5. The number of hydrogen-bond acceptors (Lipinski definition) is 6. The zero-order chi connectivity index (χ0) is 15.0. The number of carboxylic acid groups (broad SMARTS) is 2. The molecule has 0 bridgehead atoms. The molecule has 1 saturated heterocycles. The summed E-state index contributed by atoms with van der Waals surface area (Å²) in [5, 5.41) is 18.6. The molecular formula is C11H18N2O6Pt. The fourth-order valence-corrected chi connectivity index (χ4v) is 1.34. The third kappa shape index (κ3) is 8.60. The summed E-state index contributed by atoms with van der Waals surface area (Å²) in [4.78, 5) is 18.6. The summed E-state index contributed by atoms with van der Waals surface area (Å²) in [5.41, 5.74) is 14.4. The van der Waals surface area contributed by atoms with Crippen LogP contribution in [0, 0.1) is 5.92 Å². The van der Waals surface area contributed by atoms with Crippen LogP contribution in [0.2, 0.25) is 0 Å². The number of ether oxygens (including phenoxy) is 2. The van der Waals surface area contributed by atoms with Crippen molar-refractivity contribution in [3.63, 3.8) is 0 Å². The van der Waals surface area contributed by atoms with Crippen molar-refractivity contribution < 1.29 is 50.3 Å². The van der Waals surface area contributed by atoms with E-state index in [1.807, 2.05) is 13.8 Å². The average Bonchev–Trinajstić information content (AvgIpc) is 2.71. The van der Waals surface area contributed by atoms with Gasteiger partial charge in [0.15, 0.2) is 6.29 Å². The van der Waals surface area contributed by atoms with Crippen molar-refractivity contribution in [3.05, 3.63) is 11.5 Å². The molecule has 0 aliphatic carbocycles. The van der Waals surface area contributed by atoms with Gasteiger partial charge in [-0.15, -0.1) is 13.1 Å². The van der Waals surface area contributed by atoms with Gasteiger partial charge < -0.3 is 40.7 Å². The predicted octanol–water partition coefficient (Wildman–Crippen LogP) is -1.27. The Balaban J connectivity index is 0. The van der Waals surface area contributed by atoms with E-state index in [1.165, 1.54) is 0 Å². The van der Waals surface area contributed by atoms with Gasteiger partial charge in [-0.05, 0) is 0 Å². The third-order valence-electron chi connectivity index (χ3n) is 2.27. The first-order valence-corrected chi connectivity index (χ1v) is 5.81. The van der Waals surface area contributed by atoms with E-state index in [0.29, 0.717) is 5.92 Å². The maximum atomic E-state index is 9.28. The van der Waals surface area contributed by atoms with Crippen molar-refractivity contribution in [3.8, 4) is 0 Å². The SMILES string of the molecule is CC(C)C1O[C@H](C[NH-])[C@@H](C[NH-])O1.O=C([O-])CC(=O)[O-].[Pt+4]. The van der Waals surface area contributed by atoms with Crippen LogP contribution < -0.4 is 10.2 Å². The Morgan fingerprint density at radius 3 is 1.55 bits per heavy atom. The van der Waals surface area contributed by atoms with E-state index in [4.69, 9.17) is 20.9 Å². The van der Waals surface area contributed by atoms with Gasteiger partial charge in [-0.2, -0.15) is 0 Å². The largest absolute Gasteiger partial charge is 4.00 e. The molecule has 9 heteroatoms. The first-order valence-electron chi connectivity index (χ1n) is 5.81. The topological polar surface area (TPSA) is 146 Å². The van der Waals surface area contributed by atoms with Crippen LogP contribution in [-0.4, -0.2) is 43.5 Å². The number of hydrogen-bond donors (Lipinski definition) is 0. The molecule has 20 heavy (non-hydrogen) atoms.